The minimum absolute atomic E-state index is 0.0689. The lowest BCUT2D eigenvalue weighted by Crippen LogP contribution is -2.49. The molecule has 0 spiro atoms. The van der Waals surface area contributed by atoms with Crippen LogP contribution in [0.3, 0.4) is 0 Å². The molecule has 0 aliphatic carbocycles. The molecule has 1 fully saturated rings. The Labute approximate surface area is 99.4 Å². The standard InChI is InChI=1S/C9H9BrN2O2S/c10-7-2-1-6(15-7)9(14)12-4-3-11-8(13)5-12/h1-2H,3-5H2,(H,11,13). The number of amides is 2. The lowest BCUT2D eigenvalue weighted by Gasteiger charge is -2.26. The molecule has 1 N–H and O–H groups in total. The summed E-state index contributed by atoms with van der Waals surface area (Å²) in [5.74, 6) is -0.161. The van der Waals surface area contributed by atoms with E-state index in [1.165, 1.54) is 11.3 Å². The molecule has 15 heavy (non-hydrogen) atoms. The van der Waals surface area contributed by atoms with Crippen molar-refractivity contribution in [1.82, 2.24) is 10.2 Å². The topological polar surface area (TPSA) is 49.4 Å². The van der Waals surface area contributed by atoms with E-state index in [4.69, 9.17) is 0 Å². The van der Waals surface area contributed by atoms with E-state index in [0.717, 1.165) is 3.79 Å². The summed E-state index contributed by atoms with van der Waals surface area (Å²) >= 11 is 4.69. The lowest BCUT2D eigenvalue weighted by atomic mass is 10.3. The molecule has 0 saturated carbocycles. The van der Waals surface area contributed by atoms with Gasteiger partial charge in [0, 0.05) is 13.1 Å². The van der Waals surface area contributed by atoms with E-state index in [0.29, 0.717) is 18.0 Å². The van der Waals surface area contributed by atoms with Crippen molar-refractivity contribution in [2.24, 2.45) is 0 Å². The highest BCUT2D eigenvalue weighted by Crippen LogP contribution is 2.23. The van der Waals surface area contributed by atoms with Crippen LogP contribution >= 0.6 is 27.3 Å². The maximum absolute atomic E-state index is 11.9. The summed E-state index contributed by atoms with van der Waals surface area (Å²) in [6.07, 6.45) is 0. The highest BCUT2D eigenvalue weighted by atomic mass is 79.9. The van der Waals surface area contributed by atoms with E-state index in [1.54, 1.807) is 11.0 Å². The molecule has 1 saturated heterocycles. The fraction of sp³-hybridized carbons (Fsp3) is 0.333. The lowest BCUT2D eigenvalue weighted by molar-refractivity contribution is -0.123. The van der Waals surface area contributed by atoms with Gasteiger partial charge in [-0.2, -0.15) is 0 Å². The Morgan fingerprint density at radius 1 is 1.53 bits per heavy atom. The molecule has 1 aliphatic heterocycles. The molecule has 6 heteroatoms. The van der Waals surface area contributed by atoms with Crippen molar-refractivity contribution in [3.05, 3.63) is 20.8 Å². The Hall–Kier alpha value is -0.880. The number of hydrogen-bond acceptors (Lipinski definition) is 3. The van der Waals surface area contributed by atoms with Crippen molar-refractivity contribution in [3.8, 4) is 0 Å². The molecule has 1 aliphatic rings. The van der Waals surface area contributed by atoms with Crippen LogP contribution in [0.4, 0.5) is 0 Å². The molecule has 2 amide bonds. The summed E-state index contributed by atoms with van der Waals surface area (Å²) in [5.41, 5.74) is 0. The second-order valence-electron chi connectivity index (χ2n) is 3.18. The van der Waals surface area contributed by atoms with Crippen LogP contribution in [-0.4, -0.2) is 36.3 Å². The number of carbonyl (C=O) groups is 2. The molecule has 1 aromatic heterocycles. The number of rotatable bonds is 1. The summed E-state index contributed by atoms with van der Waals surface area (Å²) in [4.78, 5) is 25.2. The van der Waals surface area contributed by atoms with Gasteiger partial charge in [0.15, 0.2) is 0 Å². The summed E-state index contributed by atoms with van der Waals surface area (Å²) in [7, 11) is 0. The number of nitrogens with zero attached hydrogens (tertiary/aromatic N) is 1. The highest BCUT2D eigenvalue weighted by Gasteiger charge is 2.22. The minimum Gasteiger partial charge on any atom is -0.353 e. The first-order chi connectivity index (χ1) is 7.16. The first kappa shape index (κ1) is 10.6. The van der Waals surface area contributed by atoms with Crippen LogP contribution < -0.4 is 5.32 Å². The largest absolute Gasteiger partial charge is 0.353 e. The predicted octanol–water partition coefficient (Wildman–Crippen LogP) is 1.08. The maximum Gasteiger partial charge on any atom is 0.264 e. The van der Waals surface area contributed by atoms with Gasteiger partial charge < -0.3 is 10.2 Å². The van der Waals surface area contributed by atoms with Crippen molar-refractivity contribution in [1.29, 1.82) is 0 Å². The van der Waals surface area contributed by atoms with Gasteiger partial charge in [-0.3, -0.25) is 9.59 Å². The number of carbonyl (C=O) groups excluding carboxylic acids is 2. The summed E-state index contributed by atoms with van der Waals surface area (Å²) < 4.78 is 0.923. The average Bonchev–Trinajstić information content (AvgIpc) is 2.64. The number of halogens is 1. The summed E-state index contributed by atoms with van der Waals surface area (Å²) in [6, 6.07) is 3.60. The smallest absolute Gasteiger partial charge is 0.264 e. The number of nitrogens with one attached hydrogen (secondary N) is 1. The first-order valence-corrected chi connectivity index (χ1v) is 6.09. The van der Waals surface area contributed by atoms with Gasteiger partial charge in [0.05, 0.1) is 15.2 Å². The van der Waals surface area contributed by atoms with Gasteiger partial charge in [-0.15, -0.1) is 11.3 Å². The average molecular weight is 289 g/mol. The Morgan fingerprint density at radius 3 is 2.93 bits per heavy atom. The van der Waals surface area contributed by atoms with E-state index in [9.17, 15) is 9.59 Å². The maximum atomic E-state index is 11.9. The molecular weight excluding hydrogens is 280 g/mol. The molecular formula is C9H9BrN2O2S. The summed E-state index contributed by atoms with van der Waals surface area (Å²) in [5, 5.41) is 2.68. The Kier molecular flexibility index (Phi) is 3.06. The van der Waals surface area contributed by atoms with Crippen LogP contribution in [-0.2, 0) is 4.79 Å². The van der Waals surface area contributed by atoms with Crippen molar-refractivity contribution in [3.63, 3.8) is 0 Å². The Morgan fingerprint density at radius 2 is 2.33 bits per heavy atom. The van der Waals surface area contributed by atoms with E-state index in [2.05, 4.69) is 21.2 Å². The molecule has 4 nitrogen and oxygen atoms in total. The second-order valence-corrected chi connectivity index (χ2v) is 5.64. The van der Waals surface area contributed by atoms with Gasteiger partial charge in [-0.05, 0) is 28.1 Å². The fourth-order valence-electron chi connectivity index (χ4n) is 1.40. The van der Waals surface area contributed by atoms with E-state index in [-0.39, 0.29) is 18.4 Å². The Bertz CT molecular complexity index is 405. The van der Waals surface area contributed by atoms with Crippen molar-refractivity contribution < 1.29 is 9.59 Å². The van der Waals surface area contributed by atoms with Crippen LogP contribution in [0.2, 0.25) is 0 Å². The zero-order valence-electron chi connectivity index (χ0n) is 7.83. The molecule has 0 atom stereocenters. The normalized spacial score (nSPS) is 16.3. The molecule has 0 aromatic carbocycles. The molecule has 0 unspecified atom stereocenters. The molecule has 80 valence electrons. The van der Waals surface area contributed by atoms with E-state index < -0.39 is 0 Å². The number of piperazine rings is 1. The molecule has 0 bridgehead atoms. The van der Waals surface area contributed by atoms with Gasteiger partial charge in [0.1, 0.15) is 0 Å². The predicted molar refractivity (Wildman–Crippen MR) is 60.9 cm³/mol. The van der Waals surface area contributed by atoms with Crippen LogP contribution in [0.1, 0.15) is 9.67 Å². The zero-order valence-corrected chi connectivity index (χ0v) is 10.2. The summed E-state index contributed by atoms with van der Waals surface area (Å²) in [6.45, 7) is 1.28. The fourth-order valence-corrected chi connectivity index (χ4v) is 2.75. The van der Waals surface area contributed by atoms with Gasteiger partial charge in [-0.25, -0.2) is 0 Å². The third-order valence-electron chi connectivity index (χ3n) is 2.11. The van der Waals surface area contributed by atoms with Gasteiger partial charge >= 0.3 is 0 Å². The van der Waals surface area contributed by atoms with Crippen LogP contribution in [0, 0.1) is 0 Å². The quantitative estimate of drug-likeness (QED) is 0.841. The minimum atomic E-state index is -0.0924. The molecule has 1 aromatic rings. The van der Waals surface area contributed by atoms with Gasteiger partial charge in [0.25, 0.3) is 5.91 Å². The highest BCUT2D eigenvalue weighted by molar-refractivity contribution is 9.11. The van der Waals surface area contributed by atoms with Gasteiger partial charge in [-0.1, -0.05) is 0 Å². The van der Waals surface area contributed by atoms with Gasteiger partial charge in [0.2, 0.25) is 5.91 Å². The van der Waals surface area contributed by atoms with Crippen LogP contribution in [0.5, 0.6) is 0 Å². The third kappa shape index (κ3) is 2.38. The van der Waals surface area contributed by atoms with E-state index >= 15 is 0 Å². The second kappa shape index (κ2) is 4.32. The number of hydrogen-bond donors (Lipinski definition) is 1. The zero-order chi connectivity index (χ0) is 10.8. The van der Waals surface area contributed by atoms with Crippen molar-refractivity contribution in [2.45, 2.75) is 0 Å². The number of thiophene rings is 1. The molecule has 2 rings (SSSR count). The van der Waals surface area contributed by atoms with E-state index in [1.807, 2.05) is 6.07 Å². The first-order valence-electron chi connectivity index (χ1n) is 4.48. The SMILES string of the molecule is O=C1CN(C(=O)c2ccc(Br)s2)CCN1. The van der Waals surface area contributed by atoms with Crippen LogP contribution in [0.15, 0.2) is 15.9 Å². The molecule has 2 heterocycles. The third-order valence-corrected chi connectivity index (χ3v) is 3.72. The monoisotopic (exact) mass is 288 g/mol. The van der Waals surface area contributed by atoms with Crippen molar-refractivity contribution in [2.75, 3.05) is 19.6 Å². The van der Waals surface area contributed by atoms with Crippen LogP contribution in [0.25, 0.3) is 0 Å². The van der Waals surface area contributed by atoms with Crippen molar-refractivity contribution >= 4 is 39.1 Å². The molecule has 0 radical (unpaired) electrons. The Balaban J connectivity index is 2.10.